The lowest BCUT2D eigenvalue weighted by atomic mass is 10.0. The van der Waals surface area contributed by atoms with Crippen molar-refractivity contribution >= 4 is 11.9 Å². The van der Waals surface area contributed by atoms with Gasteiger partial charge in [0.2, 0.25) is 0 Å². The van der Waals surface area contributed by atoms with Crippen molar-refractivity contribution in [1.29, 1.82) is 0 Å². The fourth-order valence-corrected chi connectivity index (χ4v) is 1.77. The Morgan fingerprint density at radius 3 is 2.65 bits per heavy atom. The summed E-state index contributed by atoms with van der Waals surface area (Å²) >= 11 is 0. The normalized spacial score (nSPS) is 13.6. The van der Waals surface area contributed by atoms with E-state index in [2.05, 4.69) is 10.3 Å². The van der Waals surface area contributed by atoms with Gasteiger partial charge in [0, 0.05) is 12.2 Å². The van der Waals surface area contributed by atoms with Gasteiger partial charge in [-0.15, -0.1) is 0 Å². The fraction of sp³-hybridized carbons (Fsp3) is 0.500. The molecule has 0 aliphatic carbocycles. The molecule has 0 aliphatic heterocycles. The van der Waals surface area contributed by atoms with E-state index in [1.54, 1.807) is 6.92 Å². The third kappa shape index (κ3) is 5.34. The minimum atomic E-state index is -0.812. The minimum absolute atomic E-state index is 0.105. The molecule has 0 spiro atoms. The molecule has 2 N–H and O–H groups in total. The van der Waals surface area contributed by atoms with Gasteiger partial charge in [0.1, 0.15) is 5.82 Å². The summed E-state index contributed by atoms with van der Waals surface area (Å²) in [5.74, 6) is -2.13. The van der Waals surface area contributed by atoms with Gasteiger partial charge in [-0.1, -0.05) is 13.3 Å². The number of hydrogen-bond donors (Lipinski definition) is 2. The number of carboxylic acids is 1. The van der Waals surface area contributed by atoms with Gasteiger partial charge >= 0.3 is 5.97 Å². The van der Waals surface area contributed by atoms with E-state index in [-0.39, 0.29) is 23.4 Å². The van der Waals surface area contributed by atoms with Crippen LogP contribution in [0, 0.1) is 11.7 Å². The van der Waals surface area contributed by atoms with Crippen molar-refractivity contribution in [3.8, 4) is 0 Å². The minimum Gasteiger partial charge on any atom is -0.481 e. The average molecular weight is 282 g/mol. The van der Waals surface area contributed by atoms with Crippen LogP contribution < -0.4 is 5.32 Å². The predicted molar refractivity (Wildman–Crippen MR) is 71.8 cm³/mol. The standard InChI is InChI=1S/C14H19FN2O3/c1-9(14(19)20)4-3-5-10(2)17-13(18)11-6-12(15)8-16-7-11/h6-10H,3-5H2,1-2H3,(H,17,18)(H,19,20). The molecule has 0 radical (unpaired) electrons. The zero-order valence-electron chi connectivity index (χ0n) is 11.6. The first-order valence-electron chi connectivity index (χ1n) is 6.54. The van der Waals surface area contributed by atoms with Crippen LogP contribution in [0.4, 0.5) is 4.39 Å². The first-order chi connectivity index (χ1) is 9.40. The molecule has 0 aromatic carbocycles. The summed E-state index contributed by atoms with van der Waals surface area (Å²) < 4.78 is 12.9. The zero-order chi connectivity index (χ0) is 15.1. The highest BCUT2D eigenvalue weighted by Gasteiger charge is 2.13. The average Bonchev–Trinajstić information content (AvgIpc) is 2.38. The lowest BCUT2D eigenvalue weighted by molar-refractivity contribution is -0.141. The van der Waals surface area contributed by atoms with Crippen molar-refractivity contribution < 1.29 is 19.1 Å². The number of hydrogen-bond acceptors (Lipinski definition) is 3. The molecule has 2 unspecified atom stereocenters. The molecule has 0 aliphatic rings. The van der Waals surface area contributed by atoms with Crippen LogP contribution in [0.2, 0.25) is 0 Å². The number of carboxylic acid groups (broad SMARTS) is 1. The number of rotatable bonds is 7. The topological polar surface area (TPSA) is 79.3 Å². The number of aliphatic carboxylic acids is 1. The van der Waals surface area contributed by atoms with Crippen molar-refractivity contribution in [3.05, 3.63) is 29.8 Å². The summed E-state index contributed by atoms with van der Waals surface area (Å²) in [7, 11) is 0. The molecule has 110 valence electrons. The summed E-state index contributed by atoms with van der Waals surface area (Å²) in [5.41, 5.74) is 0.177. The molecule has 20 heavy (non-hydrogen) atoms. The maximum Gasteiger partial charge on any atom is 0.306 e. The lowest BCUT2D eigenvalue weighted by Gasteiger charge is -2.14. The van der Waals surface area contributed by atoms with Gasteiger partial charge < -0.3 is 10.4 Å². The second-order valence-electron chi connectivity index (χ2n) is 4.94. The highest BCUT2D eigenvalue weighted by atomic mass is 19.1. The third-order valence-electron chi connectivity index (χ3n) is 3.04. The number of amides is 1. The molecule has 1 amide bonds. The number of carbonyl (C=O) groups excluding carboxylic acids is 1. The van der Waals surface area contributed by atoms with Crippen molar-refractivity contribution in [2.24, 2.45) is 5.92 Å². The first kappa shape index (κ1) is 16.1. The molecule has 0 bridgehead atoms. The summed E-state index contributed by atoms with van der Waals surface area (Å²) in [5, 5.41) is 11.5. The number of pyridine rings is 1. The summed E-state index contributed by atoms with van der Waals surface area (Å²) in [6.07, 6.45) is 4.28. The Labute approximate surface area is 117 Å². The van der Waals surface area contributed by atoms with E-state index >= 15 is 0 Å². The zero-order valence-corrected chi connectivity index (χ0v) is 11.6. The van der Waals surface area contributed by atoms with E-state index in [0.717, 1.165) is 12.3 Å². The molecule has 0 fully saturated rings. The quantitative estimate of drug-likeness (QED) is 0.803. The Morgan fingerprint density at radius 2 is 2.05 bits per heavy atom. The SMILES string of the molecule is CC(CCCC(C)C(=O)O)NC(=O)c1cncc(F)c1. The Morgan fingerprint density at radius 1 is 1.35 bits per heavy atom. The maximum atomic E-state index is 12.9. The van der Waals surface area contributed by atoms with Crippen LogP contribution in [0.15, 0.2) is 18.5 Å². The summed E-state index contributed by atoms with van der Waals surface area (Å²) in [6.45, 7) is 3.49. The van der Waals surface area contributed by atoms with Gasteiger partial charge in [0.25, 0.3) is 5.91 Å². The van der Waals surface area contributed by atoms with Crippen LogP contribution >= 0.6 is 0 Å². The Balaban J connectivity index is 2.37. The predicted octanol–water partition coefficient (Wildman–Crippen LogP) is 2.23. The van der Waals surface area contributed by atoms with E-state index in [1.807, 2.05) is 6.92 Å². The molecule has 1 heterocycles. The molecule has 2 atom stereocenters. The molecule has 1 aromatic rings. The Bertz CT molecular complexity index is 479. The summed E-state index contributed by atoms with van der Waals surface area (Å²) in [6, 6.07) is 1.02. The van der Waals surface area contributed by atoms with Crippen LogP contribution in [-0.2, 0) is 4.79 Å². The number of carbonyl (C=O) groups is 2. The fourth-order valence-electron chi connectivity index (χ4n) is 1.77. The largest absolute Gasteiger partial charge is 0.481 e. The van der Waals surface area contributed by atoms with Gasteiger partial charge in [-0.25, -0.2) is 4.39 Å². The van der Waals surface area contributed by atoms with E-state index in [4.69, 9.17) is 5.11 Å². The Hall–Kier alpha value is -1.98. The van der Waals surface area contributed by atoms with Gasteiger partial charge in [-0.05, 0) is 25.8 Å². The van der Waals surface area contributed by atoms with E-state index in [9.17, 15) is 14.0 Å². The number of aromatic nitrogens is 1. The van der Waals surface area contributed by atoms with Crippen molar-refractivity contribution in [2.45, 2.75) is 39.2 Å². The van der Waals surface area contributed by atoms with Crippen LogP contribution in [-0.4, -0.2) is 28.0 Å². The highest BCUT2D eigenvalue weighted by molar-refractivity contribution is 5.94. The van der Waals surface area contributed by atoms with E-state index in [0.29, 0.717) is 19.3 Å². The van der Waals surface area contributed by atoms with Crippen LogP contribution in [0.3, 0.4) is 0 Å². The monoisotopic (exact) mass is 282 g/mol. The maximum absolute atomic E-state index is 12.9. The van der Waals surface area contributed by atoms with Crippen molar-refractivity contribution in [1.82, 2.24) is 10.3 Å². The molecule has 1 aromatic heterocycles. The molecular formula is C14H19FN2O3. The second kappa shape index (κ2) is 7.57. The van der Waals surface area contributed by atoms with Crippen LogP contribution in [0.5, 0.6) is 0 Å². The van der Waals surface area contributed by atoms with E-state index < -0.39 is 11.8 Å². The van der Waals surface area contributed by atoms with E-state index in [1.165, 1.54) is 6.20 Å². The molecule has 0 saturated carbocycles. The number of nitrogens with one attached hydrogen (secondary N) is 1. The molecule has 6 heteroatoms. The van der Waals surface area contributed by atoms with Gasteiger partial charge in [-0.2, -0.15) is 0 Å². The van der Waals surface area contributed by atoms with Crippen molar-refractivity contribution in [2.75, 3.05) is 0 Å². The van der Waals surface area contributed by atoms with Gasteiger partial charge in [0.05, 0.1) is 17.7 Å². The molecular weight excluding hydrogens is 263 g/mol. The first-order valence-corrected chi connectivity index (χ1v) is 6.54. The smallest absolute Gasteiger partial charge is 0.306 e. The number of halogens is 1. The number of nitrogens with zero attached hydrogens (tertiary/aromatic N) is 1. The molecule has 0 saturated heterocycles. The second-order valence-corrected chi connectivity index (χ2v) is 4.94. The Kier molecular flexibility index (Phi) is 6.09. The van der Waals surface area contributed by atoms with Crippen molar-refractivity contribution in [3.63, 3.8) is 0 Å². The molecule has 1 rings (SSSR count). The van der Waals surface area contributed by atoms with Crippen LogP contribution in [0.25, 0.3) is 0 Å². The van der Waals surface area contributed by atoms with Gasteiger partial charge in [0.15, 0.2) is 0 Å². The lowest BCUT2D eigenvalue weighted by Crippen LogP contribution is -2.32. The van der Waals surface area contributed by atoms with Crippen LogP contribution in [0.1, 0.15) is 43.5 Å². The summed E-state index contributed by atoms with van der Waals surface area (Å²) in [4.78, 5) is 26.1. The molecule has 5 nitrogen and oxygen atoms in total. The third-order valence-corrected chi connectivity index (χ3v) is 3.04. The highest BCUT2D eigenvalue weighted by Crippen LogP contribution is 2.10. The van der Waals surface area contributed by atoms with Gasteiger partial charge in [-0.3, -0.25) is 14.6 Å².